The summed E-state index contributed by atoms with van der Waals surface area (Å²) in [4.78, 5) is 14.2. The molecule has 1 aromatic rings. The first kappa shape index (κ1) is 18.5. The second-order valence-electron chi connectivity index (χ2n) is 7.54. The minimum Gasteiger partial charge on any atom is -0.356 e. The summed E-state index contributed by atoms with van der Waals surface area (Å²) in [5.41, 5.74) is 1.06. The minimum absolute atomic E-state index is 0.000914. The molecule has 6 nitrogen and oxygen atoms in total. The number of rotatable bonds is 6. The lowest BCUT2D eigenvalue weighted by Crippen LogP contribution is -2.44. The first-order chi connectivity index (χ1) is 12.0. The van der Waals surface area contributed by atoms with E-state index < -0.39 is 0 Å². The van der Waals surface area contributed by atoms with E-state index in [1.807, 2.05) is 0 Å². The molecule has 2 saturated heterocycles. The molecule has 3 rings (SSSR count). The van der Waals surface area contributed by atoms with E-state index in [1.165, 1.54) is 12.8 Å². The minimum atomic E-state index is 0.000914. The summed E-state index contributed by atoms with van der Waals surface area (Å²) in [6.45, 7) is 11.0. The van der Waals surface area contributed by atoms with Crippen molar-refractivity contribution >= 4 is 5.82 Å². The van der Waals surface area contributed by atoms with E-state index in [4.69, 9.17) is 14.5 Å². The molecule has 0 amide bonds. The van der Waals surface area contributed by atoms with Crippen LogP contribution in [-0.4, -0.2) is 67.1 Å². The highest BCUT2D eigenvalue weighted by Crippen LogP contribution is 2.23. The second-order valence-corrected chi connectivity index (χ2v) is 7.54. The molecule has 140 valence electrons. The number of nitrogens with zero attached hydrogens (tertiary/aromatic N) is 4. The van der Waals surface area contributed by atoms with Crippen molar-refractivity contribution in [3.05, 3.63) is 17.6 Å². The van der Waals surface area contributed by atoms with Crippen LogP contribution in [0.5, 0.6) is 0 Å². The fourth-order valence-electron chi connectivity index (χ4n) is 3.60. The SMILES string of the molecule is Cc1cc(N2CCC(N(C)CCC3OCCO3)CC2)nc(C(C)C)n1. The molecule has 0 aromatic carbocycles. The highest BCUT2D eigenvalue weighted by atomic mass is 16.7. The number of piperidine rings is 1. The van der Waals surface area contributed by atoms with E-state index in [2.05, 4.69) is 48.7 Å². The number of hydrogen-bond acceptors (Lipinski definition) is 6. The lowest BCUT2D eigenvalue weighted by atomic mass is 10.0. The Morgan fingerprint density at radius 1 is 1.20 bits per heavy atom. The predicted molar refractivity (Wildman–Crippen MR) is 99.0 cm³/mol. The largest absolute Gasteiger partial charge is 0.356 e. The van der Waals surface area contributed by atoms with Gasteiger partial charge in [0.1, 0.15) is 11.6 Å². The molecule has 0 aliphatic carbocycles. The van der Waals surface area contributed by atoms with Crippen LogP contribution in [-0.2, 0) is 9.47 Å². The van der Waals surface area contributed by atoms with Gasteiger partial charge in [-0.25, -0.2) is 9.97 Å². The van der Waals surface area contributed by atoms with E-state index in [1.54, 1.807) is 0 Å². The van der Waals surface area contributed by atoms with Gasteiger partial charge < -0.3 is 19.3 Å². The van der Waals surface area contributed by atoms with Crippen LogP contribution in [0.2, 0.25) is 0 Å². The van der Waals surface area contributed by atoms with Gasteiger partial charge in [0.25, 0.3) is 0 Å². The maximum atomic E-state index is 5.54. The molecule has 6 heteroatoms. The summed E-state index contributed by atoms with van der Waals surface area (Å²) in [6, 6.07) is 2.75. The summed E-state index contributed by atoms with van der Waals surface area (Å²) in [7, 11) is 2.22. The van der Waals surface area contributed by atoms with Gasteiger partial charge in [-0.2, -0.15) is 0 Å². The van der Waals surface area contributed by atoms with E-state index in [0.717, 1.165) is 56.6 Å². The Labute approximate surface area is 151 Å². The van der Waals surface area contributed by atoms with Crippen LogP contribution in [0.15, 0.2) is 6.07 Å². The van der Waals surface area contributed by atoms with Gasteiger partial charge in [0.05, 0.1) is 13.2 Å². The molecule has 0 bridgehead atoms. The van der Waals surface area contributed by atoms with E-state index >= 15 is 0 Å². The molecular formula is C19H32N4O2. The predicted octanol–water partition coefficient (Wildman–Crippen LogP) is 2.57. The summed E-state index contributed by atoms with van der Waals surface area (Å²) >= 11 is 0. The molecule has 25 heavy (non-hydrogen) atoms. The third kappa shape index (κ3) is 4.90. The van der Waals surface area contributed by atoms with E-state index in [-0.39, 0.29) is 6.29 Å². The molecule has 0 spiro atoms. The van der Waals surface area contributed by atoms with Gasteiger partial charge in [-0.3, -0.25) is 0 Å². The third-order valence-electron chi connectivity index (χ3n) is 5.19. The monoisotopic (exact) mass is 348 g/mol. The van der Waals surface area contributed by atoms with Crippen molar-refractivity contribution in [2.75, 3.05) is 44.8 Å². The van der Waals surface area contributed by atoms with Crippen LogP contribution in [0.1, 0.15) is 50.5 Å². The van der Waals surface area contributed by atoms with Crippen LogP contribution >= 0.6 is 0 Å². The molecule has 0 N–H and O–H groups in total. The highest BCUT2D eigenvalue weighted by Gasteiger charge is 2.25. The molecule has 1 aromatic heterocycles. The van der Waals surface area contributed by atoms with Crippen LogP contribution in [0.3, 0.4) is 0 Å². The zero-order valence-electron chi connectivity index (χ0n) is 16.1. The Morgan fingerprint density at radius 3 is 2.52 bits per heavy atom. The van der Waals surface area contributed by atoms with Crippen molar-refractivity contribution in [3.63, 3.8) is 0 Å². The van der Waals surface area contributed by atoms with E-state index in [9.17, 15) is 0 Å². The first-order valence-corrected chi connectivity index (χ1v) is 9.57. The Hall–Kier alpha value is -1.24. The van der Waals surface area contributed by atoms with Gasteiger partial charge in [0, 0.05) is 49.8 Å². The number of aromatic nitrogens is 2. The summed E-state index contributed by atoms with van der Waals surface area (Å²) in [5.74, 6) is 2.40. The Kier molecular flexibility index (Phi) is 6.25. The van der Waals surface area contributed by atoms with Gasteiger partial charge in [0.15, 0.2) is 6.29 Å². The molecule has 3 heterocycles. The van der Waals surface area contributed by atoms with Crippen molar-refractivity contribution in [1.82, 2.24) is 14.9 Å². The van der Waals surface area contributed by atoms with E-state index in [0.29, 0.717) is 12.0 Å². The molecule has 0 unspecified atom stereocenters. The van der Waals surface area contributed by atoms with Crippen LogP contribution in [0, 0.1) is 6.92 Å². The quantitative estimate of drug-likeness (QED) is 0.787. The normalized spacial score (nSPS) is 20.2. The van der Waals surface area contributed by atoms with Crippen LogP contribution in [0.25, 0.3) is 0 Å². The van der Waals surface area contributed by atoms with Crippen LogP contribution < -0.4 is 4.90 Å². The van der Waals surface area contributed by atoms with Crippen molar-refractivity contribution in [1.29, 1.82) is 0 Å². The number of ether oxygens (including phenoxy) is 2. The van der Waals surface area contributed by atoms with Crippen molar-refractivity contribution < 1.29 is 9.47 Å². The number of hydrogen-bond donors (Lipinski definition) is 0. The average Bonchev–Trinajstić information content (AvgIpc) is 3.13. The summed E-state index contributed by atoms with van der Waals surface area (Å²) in [5, 5.41) is 0. The fourth-order valence-corrected chi connectivity index (χ4v) is 3.60. The fraction of sp³-hybridized carbons (Fsp3) is 0.789. The highest BCUT2D eigenvalue weighted by molar-refractivity contribution is 5.40. The number of aryl methyl sites for hydroxylation is 1. The molecule has 2 aliphatic heterocycles. The first-order valence-electron chi connectivity index (χ1n) is 9.57. The zero-order chi connectivity index (χ0) is 17.8. The molecule has 2 aliphatic rings. The topological polar surface area (TPSA) is 50.7 Å². The molecule has 0 saturated carbocycles. The van der Waals surface area contributed by atoms with Crippen molar-refractivity contribution in [3.8, 4) is 0 Å². The van der Waals surface area contributed by atoms with Gasteiger partial charge in [0.2, 0.25) is 0 Å². The van der Waals surface area contributed by atoms with Crippen molar-refractivity contribution in [2.45, 2.75) is 58.3 Å². The zero-order valence-corrected chi connectivity index (χ0v) is 16.1. The summed E-state index contributed by atoms with van der Waals surface area (Å²) in [6.07, 6.45) is 3.30. The Bertz CT molecular complexity index is 552. The van der Waals surface area contributed by atoms with Gasteiger partial charge in [-0.15, -0.1) is 0 Å². The lowest BCUT2D eigenvalue weighted by molar-refractivity contribution is -0.0524. The van der Waals surface area contributed by atoms with Gasteiger partial charge >= 0.3 is 0 Å². The molecule has 2 fully saturated rings. The maximum Gasteiger partial charge on any atom is 0.159 e. The van der Waals surface area contributed by atoms with Gasteiger partial charge in [-0.1, -0.05) is 13.8 Å². The lowest BCUT2D eigenvalue weighted by Gasteiger charge is -2.37. The Balaban J connectivity index is 1.51. The molecule has 0 atom stereocenters. The van der Waals surface area contributed by atoms with Crippen LogP contribution in [0.4, 0.5) is 5.82 Å². The third-order valence-corrected chi connectivity index (χ3v) is 5.19. The average molecular weight is 348 g/mol. The van der Waals surface area contributed by atoms with Crippen molar-refractivity contribution in [2.24, 2.45) is 0 Å². The maximum absolute atomic E-state index is 5.54. The summed E-state index contributed by atoms with van der Waals surface area (Å²) < 4.78 is 11.1. The molecule has 0 radical (unpaired) electrons. The number of anilines is 1. The Morgan fingerprint density at radius 2 is 1.88 bits per heavy atom. The van der Waals surface area contributed by atoms with Gasteiger partial charge in [-0.05, 0) is 26.8 Å². The second kappa shape index (κ2) is 8.43. The molecular weight excluding hydrogens is 316 g/mol. The standard InChI is InChI=1S/C19H32N4O2/c1-14(2)19-20-15(3)13-17(21-19)23-9-5-16(6-10-23)22(4)8-7-18-24-11-12-25-18/h13-14,16,18H,5-12H2,1-4H3. The smallest absolute Gasteiger partial charge is 0.159 e.